The predicted octanol–water partition coefficient (Wildman–Crippen LogP) is 2.29. The molecule has 1 atom stereocenters. The molecule has 3 heterocycles. The molecule has 1 aliphatic rings. The molecule has 0 bridgehead atoms. The predicted molar refractivity (Wildman–Crippen MR) is 99.2 cm³/mol. The Kier molecular flexibility index (Phi) is 5.36. The van der Waals surface area contributed by atoms with Gasteiger partial charge in [0.2, 0.25) is 0 Å². The quantitative estimate of drug-likeness (QED) is 0.720. The van der Waals surface area contributed by atoms with Crippen LogP contribution in [-0.4, -0.2) is 57.5 Å². The Hall–Kier alpha value is -2.84. The summed E-state index contributed by atoms with van der Waals surface area (Å²) in [5, 5.41) is 7.52. The number of rotatable bonds is 6. The number of morpholine rings is 1. The highest BCUT2D eigenvalue weighted by molar-refractivity contribution is 5.36. The molecule has 4 rings (SSSR count). The van der Waals surface area contributed by atoms with Gasteiger partial charge < -0.3 is 10.1 Å². The standard InChI is InChI=1S/C19H21FN6O/c20-16-4-1-3-15(11-16)17(25-7-9-27-10-8-25)12-22-18-13-21-14-19(24-18)26-6-2-5-23-26/h1-6,11,13-14,17H,7-10,12H2,(H,22,24). The minimum absolute atomic E-state index is 0.0137. The Bertz CT molecular complexity index is 866. The summed E-state index contributed by atoms with van der Waals surface area (Å²) >= 11 is 0. The summed E-state index contributed by atoms with van der Waals surface area (Å²) in [6.45, 7) is 3.56. The van der Waals surface area contributed by atoms with E-state index in [1.165, 1.54) is 6.07 Å². The van der Waals surface area contributed by atoms with Gasteiger partial charge in [-0.25, -0.2) is 14.1 Å². The molecule has 3 aromatic rings. The van der Waals surface area contributed by atoms with E-state index in [1.54, 1.807) is 35.4 Å². The normalized spacial score (nSPS) is 16.2. The lowest BCUT2D eigenvalue weighted by atomic mass is 10.0. The Morgan fingerprint density at radius 3 is 2.85 bits per heavy atom. The Morgan fingerprint density at radius 1 is 1.19 bits per heavy atom. The fourth-order valence-corrected chi connectivity index (χ4v) is 3.22. The van der Waals surface area contributed by atoms with Crippen LogP contribution in [-0.2, 0) is 4.74 Å². The lowest BCUT2D eigenvalue weighted by molar-refractivity contribution is 0.0186. The lowest BCUT2D eigenvalue weighted by Gasteiger charge is -2.35. The molecular formula is C19H21FN6O. The van der Waals surface area contributed by atoms with Crippen molar-refractivity contribution in [2.75, 3.05) is 38.2 Å². The van der Waals surface area contributed by atoms with Crippen LogP contribution in [0.4, 0.5) is 10.2 Å². The van der Waals surface area contributed by atoms with E-state index in [1.807, 2.05) is 18.3 Å². The number of aromatic nitrogens is 4. The Balaban J connectivity index is 1.52. The minimum atomic E-state index is -0.230. The van der Waals surface area contributed by atoms with Gasteiger partial charge >= 0.3 is 0 Å². The highest BCUT2D eigenvalue weighted by Gasteiger charge is 2.23. The number of halogens is 1. The molecule has 1 aromatic carbocycles. The number of hydrogen-bond acceptors (Lipinski definition) is 6. The number of anilines is 1. The van der Waals surface area contributed by atoms with E-state index in [0.29, 0.717) is 31.4 Å². The minimum Gasteiger partial charge on any atom is -0.379 e. The molecule has 1 fully saturated rings. The molecule has 8 heteroatoms. The van der Waals surface area contributed by atoms with Crippen molar-refractivity contribution in [3.63, 3.8) is 0 Å². The maximum atomic E-state index is 13.8. The van der Waals surface area contributed by atoms with Crippen LogP contribution in [0.15, 0.2) is 55.1 Å². The first-order valence-electron chi connectivity index (χ1n) is 8.93. The van der Waals surface area contributed by atoms with Gasteiger partial charge in [-0.05, 0) is 23.8 Å². The van der Waals surface area contributed by atoms with Crippen LogP contribution in [0.25, 0.3) is 5.82 Å². The van der Waals surface area contributed by atoms with Crippen LogP contribution in [0.5, 0.6) is 0 Å². The maximum Gasteiger partial charge on any atom is 0.173 e. The number of nitrogens with zero attached hydrogens (tertiary/aromatic N) is 5. The zero-order chi connectivity index (χ0) is 18.5. The van der Waals surface area contributed by atoms with Gasteiger partial charge in [-0.1, -0.05) is 12.1 Å². The summed E-state index contributed by atoms with van der Waals surface area (Å²) in [5.41, 5.74) is 0.931. The summed E-state index contributed by atoms with van der Waals surface area (Å²) in [4.78, 5) is 11.1. The second-order valence-electron chi connectivity index (χ2n) is 6.31. The highest BCUT2D eigenvalue weighted by atomic mass is 19.1. The molecular weight excluding hydrogens is 347 g/mol. The fourth-order valence-electron chi connectivity index (χ4n) is 3.22. The first-order chi connectivity index (χ1) is 13.3. The third kappa shape index (κ3) is 4.29. The molecule has 2 aromatic heterocycles. The molecule has 0 amide bonds. The van der Waals surface area contributed by atoms with Crippen LogP contribution < -0.4 is 5.32 Å². The number of ether oxygens (including phenoxy) is 1. The zero-order valence-corrected chi connectivity index (χ0v) is 14.8. The van der Waals surface area contributed by atoms with Crippen molar-refractivity contribution >= 4 is 5.82 Å². The van der Waals surface area contributed by atoms with E-state index in [2.05, 4.69) is 25.3 Å². The van der Waals surface area contributed by atoms with Crippen molar-refractivity contribution in [1.82, 2.24) is 24.6 Å². The molecule has 1 unspecified atom stereocenters. The number of hydrogen-bond donors (Lipinski definition) is 1. The van der Waals surface area contributed by atoms with Crippen molar-refractivity contribution in [3.8, 4) is 5.82 Å². The van der Waals surface area contributed by atoms with Crippen LogP contribution >= 0.6 is 0 Å². The van der Waals surface area contributed by atoms with Crippen molar-refractivity contribution in [1.29, 1.82) is 0 Å². The van der Waals surface area contributed by atoms with Gasteiger partial charge in [0, 0.05) is 32.0 Å². The average Bonchev–Trinajstić information content (AvgIpc) is 3.24. The van der Waals surface area contributed by atoms with Gasteiger partial charge in [-0.3, -0.25) is 9.88 Å². The lowest BCUT2D eigenvalue weighted by Crippen LogP contribution is -2.41. The molecule has 7 nitrogen and oxygen atoms in total. The van der Waals surface area contributed by atoms with Crippen molar-refractivity contribution < 1.29 is 9.13 Å². The SMILES string of the molecule is Fc1cccc(C(CNc2cncc(-n3cccn3)n2)N2CCOCC2)c1. The third-order valence-electron chi connectivity index (χ3n) is 4.56. The molecule has 0 aliphatic carbocycles. The maximum absolute atomic E-state index is 13.8. The van der Waals surface area contributed by atoms with E-state index < -0.39 is 0 Å². The molecule has 0 spiro atoms. The van der Waals surface area contributed by atoms with Crippen molar-refractivity contribution in [3.05, 3.63) is 66.5 Å². The van der Waals surface area contributed by atoms with Crippen LogP contribution in [0, 0.1) is 5.82 Å². The highest BCUT2D eigenvalue weighted by Crippen LogP contribution is 2.23. The summed E-state index contributed by atoms with van der Waals surface area (Å²) in [5.74, 6) is 1.06. The van der Waals surface area contributed by atoms with Crippen LogP contribution in [0.3, 0.4) is 0 Å². The fraction of sp³-hybridized carbons (Fsp3) is 0.316. The van der Waals surface area contributed by atoms with E-state index in [9.17, 15) is 4.39 Å². The Labute approximate surface area is 156 Å². The molecule has 0 radical (unpaired) electrons. The van der Waals surface area contributed by atoms with Gasteiger partial charge in [-0.2, -0.15) is 5.10 Å². The molecule has 1 aliphatic heterocycles. The van der Waals surface area contributed by atoms with Gasteiger partial charge in [-0.15, -0.1) is 0 Å². The first-order valence-corrected chi connectivity index (χ1v) is 8.93. The molecule has 140 valence electrons. The summed E-state index contributed by atoms with van der Waals surface area (Å²) in [6.07, 6.45) is 6.84. The van der Waals surface area contributed by atoms with Crippen LogP contribution in [0.1, 0.15) is 11.6 Å². The van der Waals surface area contributed by atoms with E-state index in [-0.39, 0.29) is 11.9 Å². The largest absolute Gasteiger partial charge is 0.379 e. The van der Waals surface area contributed by atoms with Crippen LogP contribution in [0.2, 0.25) is 0 Å². The van der Waals surface area contributed by atoms with Gasteiger partial charge in [0.1, 0.15) is 11.6 Å². The molecule has 27 heavy (non-hydrogen) atoms. The van der Waals surface area contributed by atoms with E-state index >= 15 is 0 Å². The summed E-state index contributed by atoms with van der Waals surface area (Å²) in [6, 6.07) is 8.60. The molecule has 0 saturated carbocycles. The Morgan fingerprint density at radius 2 is 2.07 bits per heavy atom. The second-order valence-corrected chi connectivity index (χ2v) is 6.31. The summed E-state index contributed by atoms with van der Waals surface area (Å²) in [7, 11) is 0. The molecule has 1 N–H and O–H groups in total. The third-order valence-corrected chi connectivity index (χ3v) is 4.56. The first kappa shape index (κ1) is 17.6. The molecule has 1 saturated heterocycles. The summed E-state index contributed by atoms with van der Waals surface area (Å²) < 4.78 is 20.9. The topological polar surface area (TPSA) is 68.1 Å². The smallest absolute Gasteiger partial charge is 0.173 e. The van der Waals surface area contributed by atoms with Gasteiger partial charge in [0.05, 0.1) is 31.6 Å². The second kappa shape index (κ2) is 8.24. The number of nitrogens with one attached hydrogen (secondary N) is 1. The monoisotopic (exact) mass is 368 g/mol. The average molecular weight is 368 g/mol. The number of benzene rings is 1. The van der Waals surface area contributed by atoms with E-state index in [0.717, 1.165) is 18.7 Å². The van der Waals surface area contributed by atoms with Gasteiger partial charge in [0.25, 0.3) is 0 Å². The van der Waals surface area contributed by atoms with Crippen molar-refractivity contribution in [2.24, 2.45) is 0 Å². The van der Waals surface area contributed by atoms with Crippen molar-refractivity contribution in [2.45, 2.75) is 6.04 Å². The zero-order valence-electron chi connectivity index (χ0n) is 14.8. The van der Waals surface area contributed by atoms with E-state index in [4.69, 9.17) is 4.74 Å². The van der Waals surface area contributed by atoms with Gasteiger partial charge in [0.15, 0.2) is 5.82 Å².